The Kier molecular flexibility index (Phi) is 7.26. The summed E-state index contributed by atoms with van der Waals surface area (Å²) in [4.78, 5) is 0. The second-order valence-corrected chi connectivity index (χ2v) is 6.23. The minimum absolute atomic E-state index is 0.0353. The van der Waals surface area contributed by atoms with Gasteiger partial charge in [-0.15, -0.1) is 0 Å². The molecule has 0 bridgehead atoms. The first-order valence-electron chi connectivity index (χ1n) is 6.03. The number of phosphoric ester groups is 1. The van der Waals surface area contributed by atoms with Crippen LogP contribution in [0.2, 0.25) is 0 Å². The first-order chi connectivity index (χ1) is 9.41. The Morgan fingerprint density at radius 1 is 1.15 bits per heavy atom. The number of benzene rings is 1. The minimum atomic E-state index is -4.00. The van der Waals surface area contributed by atoms with Crippen molar-refractivity contribution < 1.29 is 26.9 Å². The van der Waals surface area contributed by atoms with Crippen LogP contribution in [0.4, 0.5) is 8.78 Å². The summed E-state index contributed by atoms with van der Waals surface area (Å²) in [5, 5.41) is 0. The Hall–Kier alpha value is -0.330. The zero-order valence-corrected chi connectivity index (χ0v) is 13.6. The summed E-state index contributed by atoms with van der Waals surface area (Å²) < 4.78 is 53.8. The average molecular weight is 373 g/mol. The van der Waals surface area contributed by atoms with Crippen molar-refractivity contribution in [3.8, 4) is 0 Å². The first kappa shape index (κ1) is 17.7. The fourth-order valence-corrected chi connectivity index (χ4v) is 3.04. The van der Waals surface area contributed by atoms with Gasteiger partial charge in [-0.25, -0.2) is 13.3 Å². The zero-order valence-electron chi connectivity index (χ0n) is 11.1. The molecular formula is C12H16BrF2O4P. The van der Waals surface area contributed by atoms with Gasteiger partial charge in [0, 0.05) is 4.47 Å². The highest BCUT2D eigenvalue weighted by atomic mass is 79.9. The van der Waals surface area contributed by atoms with Crippen LogP contribution in [0.1, 0.15) is 25.5 Å². The van der Waals surface area contributed by atoms with E-state index in [2.05, 4.69) is 15.9 Å². The van der Waals surface area contributed by atoms with Gasteiger partial charge in [-0.3, -0.25) is 13.6 Å². The van der Waals surface area contributed by atoms with Gasteiger partial charge in [-0.05, 0) is 31.5 Å². The van der Waals surface area contributed by atoms with E-state index >= 15 is 0 Å². The van der Waals surface area contributed by atoms with E-state index in [1.807, 2.05) is 0 Å². The van der Waals surface area contributed by atoms with Crippen molar-refractivity contribution in [3.05, 3.63) is 34.3 Å². The molecule has 20 heavy (non-hydrogen) atoms. The van der Waals surface area contributed by atoms with Crippen molar-refractivity contribution in [2.75, 3.05) is 13.2 Å². The molecule has 0 spiro atoms. The van der Waals surface area contributed by atoms with Gasteiger partial charge in [0.15, 0.2) is 6.10 Å². The van der Waals surface area contributed by atoms with Gasteiger partial charge >= 0.3 is 7.82 Å². The quantitative estimate of drug-likeness (QED) is 0.605. The van der Waals surface area contributed by atoms with Crippen LogP contribution in [0, 0.1) is 0 Å². The van der Waals surface area contributed by atoms with E-state index in [4.69, 9.17) is 13.6 Å². The molecule has 1 atom stereocenters. The largest absolute Gasteiger partial charge is 0.475 e. The molecule has 0 N–H and O–H groups in total. The number of phosphoric acid groups is 1. The third-order valence-corrected chi connectivity index (χ3v) is 4.41. The summed E-state index contributed by atoms with van der Waals surface area (Å²) in [6.45, 7) is 3.22. The lowest BCUT2D eigenvalue weighted by molar-refractivity contribution is -0.0173. The fourth-order valence-electron chi connectivity index (χ4n) is 1.46. The van der Waals surface area contributed by atoms with E-state index in [1.165, 1.54) is 12.1 Å². The Bertz CT molecular complexity index is 445. The van der Waals surface area contributed by atoms with Crippen molar-refractivity contribution in [1.82, 2.24) is 0 Å². The van der Waals surface area contributed by atoms with Crippen molar-refractivity contribution in [2.24, 2.45) is 0 Å². The predicted molar refractivity (Wildman–Crippen MR) is 74.8 cm³/mol. The minimum Gasteiger partial charge on any atom is -0.287 e. The van der Waals surface area contributed by atoms with E-state index in [1.54, 1.807) is 26.0 Å². The Morgan fingerprint density at radius 3 is 2.05 bits per heavy atom. The van der Waals surface area contributed by atoms with Crippen molar-refractivity contribution in [1.29, 1.82) is 0 Å². The van der Waals surface area contributed by atoms with E-state index in [-0.39, 0.29) is 18.8 Å². The highest BCUT2D eigenvalue weighted by Crippen LogP contribution is 2.54. The maximum Gasteiger partial charge on any atom is 0.475 e. The topological polar surface area (TPSA) is 44.8 Å². The molecule has 0 aromatic heterocycles. The molecule has 4 nitrogen and oxygen atoms in total. The normalized spacial score (nSPS) is 13.7. The van der Waals surface area contributed by atoms with Gasteiger partial charge < -0.3 is 0 Å². The summed E-state index contributed by atoms with van der Waals surface area (Å²) in [6.07, 6.45) is -4.53. The predicted octanol–water partition coefficient (Wildman–Crippen LogP) is 4.95. The molecule has 0 saturated carbocycles. The lowest BCUT2D eigenvalue weighted by Gasteiger charge is -2.23. The van der Waals surface area contributed by atoms with Crippen LogP contribution in [0.3, 0.4) is 0 Å². The van der Waals surface area contributed by atoms with E-state index in [0.29, 0.717) is 0 Å². The molecule has 0 unspecified atom stereocenters. The third-order valence-electron chi connectivity index (χ3n) is 2.24. The average Bonchev–Trinajstić information content (AvgIpc) is 2.37. The highest BCUT2D eigenvalue weighted by molar-refractivity contribution is 9.10. The summed E-state index contributed by atoms with van der Waals surface area (Å²) in [5.41, 5.74) is 0.197. The Morgan fingerprint density at radius 2 is 1.65 bits per heavy atom. The summed E-state index contributed by atoms with van der Waals surface area (Å²) in [6, 6.07) is 6.12. The van der Waals surface area contributed by atoms with Crippen LogP contribution < -0.4 is 0 Å². The summed E-state index contributed by atoms with van der Waals surface area (Å²) in [5.74, 6) is 0. The second kappa shape index (κ2) is 8.20. The standard InChI is InChI=1S/C12H16BrF2O4P/c1-3-17-20(16,18-4-2)19-11(12(14)15)9-5-7-10(13)8-6-9/h5-8,11-12H,3-4H2,1-2H3/t11-/m1/s1. The molecule has 0 amide bonds. The SMILES string of the molecule is CCOP(=O)(OCC)O[C@H](c1ccc(Br)cc1)C(F)F. The molecule has 0 aliphatic carbocycles. The third kappa shape index (κ3) is 5.22. The smallest absolute Gasteiger partial charge is 0.287 e. The van der Waals surface area contributed by atoms with Crippen molar-refractivity contribution in [2.45, 2.75) is 26.4 Å². The van der Waals surface area contributed by atoms with Crippen LogP contribution >= 0.6 is 23.8 Å². The van der Waals surface area contributed by atoms with Gasteiger partial charge in [0.1, 0.15) is 0 Å². The number of hydrogen-bond acceptors (Lipinski definition) is 4. The number of rotatable bonds is 8. The molecule has 114 valence electrons. The van der Waals surface area contributed by atoms with Crippen LogP contribution in [0.5, 0.6) is 0 Å². The molecule has 1 aromatic rings. The first-order valence-corrected chi connectivity index (χ1v) is 8.28. The van der Waals surface area contributed by atoms with Crippen molar-refractivity contribution >= 4 is 23.8 Å². The number of halogens is 3. The van der Waals surface area contributed by atoms with E-state index < -0.39 is 20.4 Å². The molecule has 8 heteroatoms. The van der Waals surface area contributed by atoms with Crippen LogP contribution in [0.25, 0.3) is 0 Å². The molecule has 1 aromatic carbocycles. The lowest BCUT2D eigenvalue weighted by Crippen LogP contribution is -2.14. The molecule has 0 saturated heterocycles. The molecule has 0 heterocycles. The van der Waals surface area contributed by atoms with Gasteiger partial charge in [-0.1, -0.05) is 28.1 Å². The van der Waals surface area contributed by atoms with Gasteiger partial charge in [0.05, 0.1) is 13.2 Å². The zero-order chi connectivity index (χ0) is 15.2. The Balaban J connectivity index is 2.96. The molecule has 1 rings (SSSR count). The summed E-state index contributed by atoms with van der Waals surface area (Å²) >= 11 is 3.21. The maximum atomic E-state index is 13.1. The van der Waals surface area contributed by atoms with Crippen LogP contribution in [-0.2, 0) is 18.1 Å². The maximum absolute atomic E-state index is 13.1. The second-order valence-electron chi connectivity index (χ2n) is 3.69. The lowest BCUT2D eigenvalue weighted by atomic mass is 10.1. The van der Waals surface area contributed by atoms with Gasteiger partial charge in [0.25, 0.3) is 6.43 Å². The number of hydrogen-bond donors (Lipinski definition) is 0. The molecule has 0 aliphatic heterocycles. The van der Waals surface area contributed by atoms with E-state index in [9.17, 15) is 13.3 Å². The molecule has 0 radical (unpaired) electrons. The van der Waals surface area contributed by atoms with Crippen molar-refractivity contribution in [3.63, 3.8) is 0 Å². The Labute approximate surface area is 125 Å². The van der Waals surface area contributed by atoms with Crippen LogP contribution in [0.15, 0.2) is 28.7 Å². The van der Waals surface area contributed by atoms with Crippen LogP contribution in [-0.4, -0.2) is 19.6 Å². The molecule has 0 fully saturated rings. The fraction of sp³-hybridized carbons (Fsp3) is 0.500. The van der Waals surface area contributed by atoms with Gasteiger partial charge in [0.2, 0.25) is 0 Å². The van der Waals surface area contributed by atoms with E-state index in [0.717, 1.165) is 4.47 Å². The highest BCUT2D eigenvalue weighted by Gasteiger charge is 2.35. The van der Waals surface area contributed by atoms with Gasteiger partial charge in [-0.2, -0.15) is 0 Å². The summed E-state index contributed by atoms with van der Waals surface area (Å²) in [7, 11) is -4.00. The number of alkyl halides is 2. The monoisotopic (exact) mass is 372 g/mol. The molecular weight excluding hydrogens is 357 g/mol. The molecule has 0 aliphatic rings.